The molecule has 1 aliphatic rings. The lowest BCUT2D eigenvalue weighted by Gasteiger charge is -2.07. The van der Waals surface area contributed by atoms with Gasteiger partial charge in [-0.15, -0.1) is 0 Å². The number of aliphatic hydroxyl groups excluding tert-OH is 1. The Labute approximate surface area is 77.9 Å². The van der Waals surface area contributed by atoms with Crippen LogP contribution in [0, 0.1) is 0 Å². The number of fused-ring (bicyclic) bond motifs is 1. The number of rotatable bonds is 2. The van der Waals surface area contributed by atoms with Crippen LogP contribution in [0.2, 0.25) is 0 Å². The monoisotopic (exact) mass is 175 g/mol. The third kappa shape index (κ3) is 1.39. The van der Waals surface area contributed by atoms with Crippen LogP contribution in [0.5, 0.6) is 0 Å². The second-order valence-electron chi connectivity index (χ2n) is 3.28. The van der Waals surface area contributed by atoms with Gasteiger partial charge in [0.25, 0.3) is 0 Å². The molecule has 0 aromatic heterocycles. The Morgan fingerprint density at radius 3 is 3.15 bits per heavy atom. The van der Waals surface area contributed by atoms with Gasteiger partial charge in [-0.25, -0.2) is 0 Å². The number of benzene rings is 1. The van der Waals surface area contributed by atoms with Crippen molar-refractivity contribution in [1.29, 1.82) is 0 Å². The van der Waals surface area contributed by atoms with Gasteiger partial charge in [0.1, 0.15) is 0 Å². The maximum absolute atomic E-state index is 9.06. The van der Waals surface area contributed by atoms with Crippen molar-refractivity contribution in [2.24, 2.45) is 0 Å². The number of hydrogen-bond donors (Lipinski definition) is 2. The van der Waals surface area contributed by atoms with Gasteiger partial charge in [0, 0.05) is 6.54 Å². The number of nitrogens with one attached hydrogen (secondary N) is 1. The van der Waals surface area contributed by atoms with E-state index in [-0.39, 0.29) is 12.6 Å². The average Bonchev–Trinajstić information content (AvgIpc) is 2.59. The summed E-state index contributed by atoms with van der Waals surface area (Å²) in [6.07, 6.45) is 1.84. The van der Waals surface area contributed by atoms with Gasteiger partial charge in [-0.1, -0.05) is 30.9 Å². The molecule has 2 N–H and O–H groups in total. The smallest absolute Gasteiger partial charge is 0.0626 e. The third-order valence-corrected chi connectivity index (χ3v) is 2.50. The second kappa shape index (κ2) is 3.32. The van der Waals surface area contributed by atoms with E-state index in [0.29, 0.717) is 0 Å². The van der Waals surface area contributed by atoms with Crippen molar-refractivity contribution in [3.63, 3.8) is 0 Å². The van der Waals surface area contributed by atoms with E-state index in [2.05, 4.69) is 24.0 Å². The van der Waals surface area contributed by atoms with Gasteiger partial charge in [0.05, 0.1) is 12.6 Å². The van der Waals surface area contributed by atoms with Gasteiger partial charge in [-0.2, -0.15) is 0 Å². The Morgan fingerprint density at radius 1 is 1.62 bits per heavy atom. The zero-order valence-corrected chi connectivity index (χ0v) is 7.46. The Balaban J connectivity index is 2.40. The largest absolute Gasteiger partial charge is 0.394 e. The van der Waals surface area contributed by atoms with E-state index in [1.807, 2.05) is 12.1 Å². The molecule has 68 valence electrons. The van der Waals surface area contributed by atoms with Crippen molar-refractivity contribution >= 4 is 6.08 Å². The maximum atomic E-state index is 9.06. The van der Waals surface area contributed by atoms with Crippen LogP contribution in [-0.2, 0) is 6.54 Å². The molecule has 2 rings (SSSR count). The standard InChI is InChI=1S/C11H13NO/c1-2-8-3-4-10-9(5-8)6-12-11(10)7-13/h2-5,11-13H,1,6-7H2/t11-/m0/s1. The fraction of sp³-hybridized carbons (Fsp3) is 0.273. The maximum Gasteiger partial charge on any atom is 0.0626 e. The molecule has 0 fully saturated rings. The molecule has 1 heterocycles. The first-order chi connectivity index (χ1) is 6.35. The first-order valence-corrected chi connectivity index (χ1v) is 4.44. The van der Waals surface area contributed by atoms with Gasteiger partial charge in [-0.05, 0) is 16.7 Å². The van der Waals surface area contributed by atoms with Crippen LogP contribution in [0.25, 0.3) is 6.08 Å². The average molecular weight is 175 g/mol. The van der Waals surface area contributed by atoms with E-state index in [9.17, 15) is 0 Å². The van der Waals surface area contributed by atoms with Gasteiger partial charge >= 0.3 is 0 Å². The van der Waals surface area contributed by atoms with Crippen molar-refractivity contribution in [3.05, 3.63) is 41.5 Å². The van der Waals surface area contributed by atoms with Crippen LogP contribution in [0.3, 0.4) is 0 Å². The Kier molecular flexibility index (Phi) is 2.17. The number of aliphatic hydroxyl groups is 1. The van der Waals surface area contributed by atoms with Gasteiger partial charge in [0.2, 0.25) is 0 Å². The second-order valence-corrected chi connectivity index (χ2v) is 3.28. The molecule has 2 heteroatoms. The zero-order chi connectivity index (χ0) is 9.26. The highest BCUT2D eigenvalue weighted by Gasteiger charge is 2.20. The summed E-state index contributed by atoms with van der Waals surface area (Å²) in [7, 11) is 0. The fourth-order valence-electron chi connectivity index (χ4n) is 1.75. The summed E-state index contributed by atoms with van der Waals surface area (Å²) >= 11 is 0. The molecule has 0 bridgehead atoms. The lowest BCUT2D eigenvalue weighted by Crippen LogP contribution is -2.15. The summed E-state index contributed by atoms with van der Waals surface area (Å²) < 4.78 is 0. The van der Waals surface area contributed by atoms with Crippen molar-refractivity contribution in [2.45, 2.75) is 12.6 Å². The van der Waals surface area contributed by atoms with Crippen LogP contribution < -0.4 is 5.32 Å². The Bertz CT molecular complexity index is 333. The van der Waals surface area contributed by atoms with Gasteiger partial charge in [0.15, 0.2) is 0 Å². The molecule has 0 unspecified atom stereocenters. The lowest BCUT2D eigenvalue weighted by molar-refractivity contribution is 0.251. The van der Waals surface area contributed by atoms with Gasteiger partial charge < -0.3 is 10.4 Å². The van der Waals surface area contributed by atoms with Crippen molar-refractivity contribution in [2.75, 3.05) is 6.61 Å². The quantitative estimate of drug-likeness (QED) is 0.713. The molecule has 0 saturated carbocycles. The van der Waals surface area contributed by atoms with Crippen LogP contribution >= 0.6 is 0 Å². The molecule has 1 aromatic rings. The molecule has 1 atom stereocenters. The van der Waals surface area contributed by atoms with E-state index in [1.165, 1.54) is 11.1 Å². The van der Waals surface area contributed by atoms with Crippen molar-refractivity contribution < 1.29 is 5.11 Å². The first kappa shape index (κ1) is 8.48. The van der Waals surface area contributed by atoms with Crippen LogP contribution in [0.15, 0.2) is 24.8 Å². The molecule has 0 saturated heterocycles. The summed E-state index contributed by atoms with van der Waals surface area (Å²) in [5, 5.41) is 12.3. The summed E-state index contributed by atoms with van der Waals surface area (Å²) in [6.45, 7) is 4.74. The van der Waals surface area contributed by atoms with E-state index in [0.717, 1.165) is 12.1 Å². The molecule has 0 aliphatic carbocycles. The summed E-state index contributed by atoms with van der Waals surface area (Å²) in [4.78, 5) is 0. The summed E-state index contributed by atoms with van der Waals surface area (Å²) in [5.41, 5.74) is 3.63. The van der Waals surface area contributed by atoms with Crippen LogP contribution in [-0.4, -0.2) is 11.7 Å². The minimum atomic E-state index is 0.119. The summed E-state index contributed by atoms with van der Waals surface area (Å²) in [5.74, 6) is 0. The molecule has 0 radical (unpaired) electrons. The van der Waals surface area contributed by atoms with Crippen molar-refractivity contribution in [1.82, 2.24) is 5.32 Å². The zero-order valence-electron chi connectivity index (χ0n) is 7.46. The normalized spacial score (nSPS) is 19.9. The van der Waals surface area contributed by atoms with Crippen molar-refractivity contribution in [3.8, 4) is 0 Å². The molecule has 2 nitrogen and oxygen atoms in total. The molecule has 1 aliphatic heterocycles. The Hall–Kier alpha value is -1.12. The third-order valence-electron chi connectivity index (χ3n) is 2.50. The predicted molar refractivity (Wildman–Crippen MR) is 53.2 cm³/mol. The highest BCUT2D eigenvalue weighted by molar-refractivity contribution is 5.51. The summed E-state index contributed by atoms with van der Waals surface area (Å²) in [6, 6.07) is 6.33. The van der Waals surface area contributed by atoms with E-state index in [1.54, 1.807) is 0 Å². The Morgan fingerprint density at radius 2 is 2.46 bits per heavy atom. The van der Waals surface area contributed by atoms with E-state index >= 15 is 0 Å². The van der Waals surface area contributed by atoms with E-state index in [4.69, 9.17) is 5.11 Å². The molecule has 13 heavy (non-hydrogen) atoms. The molecule has 1 aromatic carbocycles. The lowest BCUT2D eigenvalue weighted by atomic mass is 10.0. The molecular weight excluding hydrogens is 162 g/mol. The SMILES string of the molecule is C=Cc1ccc2c(c1)CN[C@H]2CO. The topological polar surface area (TPSA) is 32.3 Å². The van der Waals surface area contributed by atoms with Crippen LogP contribution in [0.1, 0.15) is 22.7 Å². The predicted octanol–water partition coefficient (Wildman–Crippen LogP) is 1.47. The van der Waals surface area contributed by atoms with Crippen LogP contribution in [0.4, 0.5) is 0 Å². The number of hydrogen-bond acceptors (Lipinski definition) is 2. The van der Waals surface area contributed by atoms with Gasteiger partial charge in [-0.3, -0.25) is 0 Å². The first-order valence-electron chi connectivity index (χ1n) is 4.44. The highest BCUT2D eigenvalue weighted by atomic mass is 16.3. The molecule has 0 spiro atoms. The van der Waals surface area contributed by atoms with E-state index < -0.39 is 0 Å². The molecular formula is C11H13NO. The highest BCUT2D eigenvalue weighted by Crippen LogP contribution is 2.25. The minimum Gasteiger partial charge on any atom is -0.394 e. The fourth-order valence-corrected chi connectivity index (χ4v) is 1.75. The molecule has 0 amide bonds. The minimum absolute atomic E-state index is 0.119.